The number of amides is 2. The van der Waals surface area contributed by atoms with Crippen LogP contribution in [0.15, 0.2) is 48.5 Å². The quantitative estimate of drug-likeness (QED) is 0.814. The van der Waals surface area contributed by atoms with Crippen LogP contribution in [0.1, 0.15) is 12.0 Å². The predicted octanol–water partition coefficient (Wildman–Crippen LogP) is 2.20. The minimum absolute atomic E-state index is 0.0793. The summed E-state index contributed by atoms with van der Waals surface area (Å²) in [4.78, 5) is 36.5. The molecule has 2 aromatic carbocycles. The molecule has 0 spiro atoms. The minimum Gasteiger partial charge on any atom is -0.481 e. The van der Waals surface area contributed by atoms with E-state index in [-0.39, 0.29) is 18.5 Å². The van der Waals surface area contributed by atoms with Gasteiger partial charge in [0.25, 0.3) is 5.91 Å². The van der Waals surface area contributed by atoms with E-state index >= 15 is 0 Å². The first kappa shape index (κ1) is 16.6. The lowest BCUT2D eigenvalue weighted by molar-refractivity contribution is -0.136. The number of benzene rings is 2. The van der Waals surface area contributed by atoms with Crippen molar-refractivity contribution in [1.29, 1.82) is 0 Å². The Labute approximate surface area is 142 Å². The number of carboxylic acid groups (broad SMARTS) is 1. The van der Waals surface area contributed by atoms with Crippen LogP contribution in [-0.2, 0) is 20.8 Å². The van der Waals surface area contributed by atoms with Gasteiger partial charge < -0.3 is 10.4 Å². The van der Waals surface area contributed by atoms with Crippen molar-refractivity contribution in [2.24, 2.45) is 0 Å². The molecule has 2 N–H and O–H groups in total. The highest BCUT2D eigenvalue weighted by molar-refractivity contribution is 6.23. The maximum Gasteiger partial charge on any atom is 0.307 e. The summed E-state index contributed by atoms with van der Waals surface area (Å²) < 4.78 is 13.7. The number of carbonyl (C=O) groups excluding carboxylic acids is 2. The van der Waals surface area contributed by atoms with Crippen LogP contribution in [0.2, 0.25) is 0 Å². The maximum atomic E-state index is 13.7. The van der Waals surface area contributed by atoms with Gasteiger partial charge >= 0.3 is 5.97 Å². The first-order valence-corrected chi connectivity index (χ1v) is 7.64. The van der Waals surface area contributed by atoms with Gasteiger partial charge in [-0.05, 0) is 29.8 Å². The Morgan fingerprint density at radius 2 is 1.84 bits per heavy atom. The highest BCUT2D eigenvalue weighted by Crippen LogP contribution is 2.26. The Morgan fingerprint density at radius 3 is 2.48 bits per heavy atom. The summed E-state index contributed by atoms with van der Waals surface area (Å²) in [7, 11) is 0. The van der Waals surface area contributed by atoms with Crippen molar-refractivity contribution < 1.29 is 23.9 Å². The molecule has 2 aromatic rings. The zero-order valence-electron chi connectivity index (χ0n) is 13.1. The number of carbonyl (C=O) groups is 3. The van der Waals surface area contributed by atoms with Crippen LogP contribution in [-0.4, -0.2) is 28.9 Å². The highest BCUT2D eigenvalue weighted by atomic mass is 19.1. The fourth-order valence-electron chi connectivity index (χ4n) is 2.72. The minimum atomic E-state index is -0.963. The number of carboxylic acids is 1. The van der Waals surface area contributed by atoms with Gasteiger partial charge in [0, 0.05) is 0 Å². The highest BCUT2D eigenvalue weighted by Gasteiger charge is 2.39. The number of nitrogens with zero attached hydrogens (tertiary/aromatic N) is 1. The van der Waals surface area contributed by atoms with Crippen molar-refractivity contribution >= 4 is 29.2 Å². The third-order valence-electron chi connectivity index (χ3n) is 3.90. The van der Waals surface area contributed by atoms with Crippen molar-refractivity contribution in [3.05, 3.63) is 59.9 Å². The number of halogens is 1. The van der Waals surface area contributed by atoms with Gasteiger partial charge in [0.2, 0.25) is 5.91 Å². The average molecular weight is 342 g/mol. The Kier molecular flexibility index (Phi) is 4.47. The number of para-hydroxylation sites is 1. The molecule has 1 saturated heterocycles. The van der Waals surface area contributed by atoms with E-state index in [0.29, 0.717) is 11.3 Å². The van der Waals surface area contributed by atoms with Crippen LogP contribution in [0.5, 0.6) is 0 Å². The molecule has 0 bridgehead atoms. The summed E-state index contributed by atoms with van der Waals surface area (Å²) in [6.07, 6.45) is -0.219. The van der Waals surface area contributed by atoms with Crippen LogP contribution in [0, 0.1) is 5.82 Å². The fraction of sp³-hybridized carbons (Fsp3) is 0.167. The molecule has 1 atom stereocenters. The summed E-state index contributed by atoms with van der Waals surface area (Å²) in [6.45, 7) is 0. The Hall–Kier alpha value is -3.22. The third kappa shape index (κ3) is 3.50. The molecule has 2 amide bonds. The third-order valence-corrected chi connectivity index (χ3v) is 3.90. The van der Waals surface area contributed by atoms with Crippen molar-refractivity contribution in [3.8, 4) is 0 Å². The molecule has 128 valence electrons. The first-order chi connectivity index (χ1) is 12.0. The standard InChI is InChI=1S/C18H15FN2O4/c19-13-3-1-2-4-14(13)20-15-10-16(22)21(18(15)25)12-7-5-11(6-8-12)9-17(23)24/h1-8,15,20H,9-10H2,(H,23,24). The average Bonchev–Trinajstić information content (AvgIpc) is 2.84. The van der Waals surface area contributed by atoms with Crippen LogP contribution in [0.4, 0.5) is 15.8 Å². The Morgan fingerprint density at radius 1 is 1.16 bits per heavy atom. The summed E-state index contributed by atoms with van der Waals surface area (Å²) in [5.74, 6) is -2.33. The van der Waals surface area contributed by atoms with Gasteiger partial charge in [-0.2, -0.15) is 0 Å². The zero-order chi connectivity index (χ0) is 18.0. The molecular weight excluding hydrogens is 327 g/mol. The van der Waals surface area contributed by atoms with Gasteiger partial charge in [-0.3, -0.25) is 14.4 Å². The molecule has 0 aromatic heterocycles. The van der Waals surface area contributed by atoms with Gasteiger partial charge in [-0.1, -0.05) is 24.3 Å². The second-order valence-corrected chi connectivity index (χ2v) is 5.69. The van der Waals surface area contributed by atoms with Gasteiger partial charge in [0.15, 0.2) is 0 Å². The zero-order valence-corrected chi connectivity index (χ0v) is 13.1. The first-order valence-electron chi connectivity index (χ1n) is 7.64. The molecule has 0 radical (unpaired) electrons. The van der Waals surface area contributed by atoms with E-state index in [1.807, 2.05) is 0 Å². The number of rotatable bonds is 5. The molecule has 7 heteroatoms. The van der Waals surface area contributed by atoms with E-state index in [1.54, 1.807) is 18.2 Å². The van der Waals surface area contributed by atoms with Crippen molar-refractivity contribution in [2.75, 3.05) is 10.2 Å². The molecule has 25 heavy (non-hydrogen) atoms. The molecule has 1 aliphatic heterocycles. The lowest BCUT2D eigenvalue weighted by Gasteiger charge is -2.16. The summed E-state index contributed by atoms with van der Waals surface area (Å²) in [5, 5.41) is 11.5. The monoisotopic (exact) mass is 342 g/mol. The normalized spacial score (nSPS) is 17.0. The Balaban J connectivity index is 1.77. The number of hydrogen-bond acceptors (Lipinski definition) is 4. The number of aliphatic carboxylic acids is 1. The van der Waals surface area contributed by atoms with E-state index in [0.717, 1.165) is 4.90 Å². The molecule has 1 aliphatic rings. The largest absolute Gasteiger partial charge is 0.481 e. The van der Waals surface area contributed by atoms with Crippen LogP contribution in [0.3, 0.4) is 0 Å². The smallest absolute Gasteiger partial charge is 0.307 e. The van der Waals surface area contributed by atoms with E-state index < -0.39 is 29.6 Å². The van der Waals surface area contributed by atoms with Crippen LogP contribution >= 0.6 is 0 Å². The van der Waals surface area contributed by atoms with E-state index in [1.165, 1.54) is 30.3 Å². The van der Waals surface area contributed by atoms with Gasteiger partial charge in [-0.25, -0.2) is 9.29 Å². The maximum absolute atomic E-state index is 13.7. The van der Waals surface area contributed by atoms with Crippen molar-refractivity contribution in [2.45, 2.75) is 18.9 Å². The molecule has 1 heterocycles. The van der Waals surface area contributed by atoms with Gasteiger partial charge in [0.05, 0.1) is 24.2 Å². The SMILES string of the molecule is O=C(O)Cc1ccc(N2C(=O)CC(Nc3ccccc3F)C2=O)cc1. The second kappa shape index (κ2) is 6.72. The molecule has 0 aliphatic carbocycles. The molecule has 6 nitrogen and oxygen atoms in total. The summed E-state index contributed by atoms with van der Waals surface area (Å²) in [6, 6.07) is 11.3. The van der Waals surface area contributed by atoms with E-state index in [9.17, 15) is 18.8 Å². The van der Waals surface area contributed by atoms with Gasteiger partial charge in [0.1, 0.15) is 11.9 Å². The summed E-state index contributed by atoms with van der Waals surface area (Å²) >= 11 is 0. The van der Waals surface area contributed by atoms with Crippen molar-refractivity contribution in [3.63, 3.8) is 0 Å². The second-order valence-electron chi connectivity index (χ2n) is 5.69. The van der Waals surface area contributed by atoms with Crippen LogP contribution in [0.25, 0.3) is 0 Å². The number of imide groups is 1. The molecule has 3 rings (SSSR count). The Bertz CT molecular complexity index is 835. The lowest BCUT2D eigenvalue weighted by atomic mass is 10.1. The molecular formula is C18H15FN2O4. The lowest BCUT2D eigenvalue weighted by Crippen LogP contribution is -2.35. The fourth-order valence-corrected chi connectivity index (χ4v) is 2.72. The predicted molar refractivity (Wildman–Crippen MR) is 88.7 cm³/mol. The van der Waals surface area contributed by atoms with Gasteiger partial charge in [-0.15, -0.1) is 0 Å². The van der Waals surface area contributed by atoms with Crippen molar-refractivity contribution in [1.82, 2.24) is 0 Å². The topological polar surface area (TPSA) is 86.7 Å². The molecule has 1 fully saturated rings. The van der Waals surface area contributed by atoms with E-state index in [2.05, 4.69) is 5.32 Å². The number of hydrogen-bond donors (Lipinski definition) is 2. The number of nitrogens with one attached hydrogen (secondary N) is 1. The van der Waals surface area contributed by atoms with Crippen LogP contribution < -0.4 is 10.2 Å². The molecule has 1 unspecified atom stereocenters. The molecule has 0 saturated carbocycles. The number of anilines is 2. The summed E-state index contributed by atoms with van der Waals surface area (Å²) in [5.41, 5.74) is 1.09. The van der Waals surface area contributed by atoms with E-state index in [4.69, 9.17) is 5.11 Å².